The van der Waals surface area contributed by atoms with Crippen molar-refractivity contribution in [2.75, 3.05) is 0 Å². The van der Waals surface area contributed by atoms with Crippen LogP contribution in [-0.4, -0.2) is 9.97 Å². The average molecular weight is 162 g/mol. The summed E-state index contributed by atoms with van der Waals surface area (Å²) in [6, 6.07) is 5.51. The number of aromatic nitrogens is 2. The van der Waals surface area contributed by atoms with Crippen LogP contribution in [0.5, 0.6) is 0 Å². The molecule has 0 spiro atoms. The Morgan fingerprint density at radius 3 is 3.00 bits per heavy atom. The summed E-state index contributed by atoms with van der Waals surface area (Å²) in [4.78, 5) is 7.65. The van der Waals surface area contributed by atoms with Crippen molar-refractivity contribution in [3.05, 3.63) is 35.9 Å². The van der Waals surface area contributed by atoms with Gasteiger partial charge in [0, 0.05) is 0 Å². The number of aryl methyl sites for hydroxylation is 1. The van der Waals surface area contributed by atoms with Crippen LogP contribution >= 0.6 is 0 Å². The molecule has 1 aromatic heterocycles. The van der Waals surface area contributed by atoms with E-state index in [4.69, 9.17) is 0 Å². The number of halogens is 1. The van der Waals surface area contributed by atoms with E-state index >= 15 is 0 Å². The fraction of sp³-hybridized carbons (Fsp3) is 0.111. The highest BCUT2D eigenvalue weighted by atomic mass is 19.1. The van der Waals surface area contributed by atoms with Crippen molar-refractivity contribution in [3.8, 4) is 0 Å². The molecule has 2 rings (SSSR count). The smallest absolute Gasteiger partial charge is 0.231 e. The van der Waals surface area contributed by atoms with Crippen LogP contribution in [0, 0.1) is 12.9 Å². The van der Waals surface area contributed by atoms with E-state index in [9.17, 15) is 4.39 Å². The van der Waals surface area contributed by atoms with Gasteiger partial charge in [0.1, 0.15) is 0 Å². The Morgan fingerprint density at radius 1 is 1.33 bits per heavy atom. The van der Waals surface area contributed by atoms with Gasteiger partial charge < -0.3 is 0 Å². The Kier molecular flexibility index (Phi) is 1.50. The molecular weight excluding hydrogens is 155 g/mol. The summed E-state index contributed by atoms with van der Waals surface area (Å²) < 4.78 is 12.6. The van der Waals surface area contributed by atoms with Gasteiger partial charge >= 0.3 is 0 Å². The molecule has 0 amide bonds. The minimum absolute atomic E-state index is 0.534. The number of hydrogen-bond donors (Lipinski definition) is 0. The van der Waals surface area contributed by atoms with Crippen molar-refractivity contribution >= 4 is 11.0 Å². The topological polar surface area (TPSA) is 25.8 Å². The summed E-state index contributed by atoms with van der Waals surface area (Å²) in [7, 11) is 0. The van der Waals surface area contributed by atoms with E-state index in [1.807, 2.05) is 19.1 Å². The van der Waals surface area contributed by atoms with Crippen molar-refractivity contribution in [2.24, 2.45) is 0 Å². The van der Waals surface area contributed by atoms with Crippen LogP contribution in [-0.2, 0) is 0 Å². The highest BCUT2D eigenvalue weighted by Crippen LogP contribution is 2.12. The summed E-state index contributed by atoms with van der Waals surface area (Å²) >= 11 is 0. The Bertz CT molecular complexity index is 426. The number of benzene rings is 1. The molecular formula is C9H7FN2. The molecule has 0 fully saturated rings. The molecule has 0 aliphatic heterocycles. The molecule has 1 heterocycles. The zero-order valence-corrected chi connectivity index (χ0v) is 6.58. The average Bonchev–Trinajstić information content (AvgIpc) is 2.04. The monoisotopic (exact) mass is 162 g/mol. The first-order valence-electron chi connectivity index (χ1n) is 3.65. The van der Waals surface area contributed by atoms with E-state index in [0.717, 1.165) is 17.3 Å². The molecule has 0 aliphatic rings. The summed E-state index contributed by atoms with van der Waals surface area (Å²) in [5.41, 5.74) is 2.38. The third-order valence-corrected chi connectivity index (χ3v) is 1.74. The molecule has 2 nitrogen and oxygen atoms in total. The minimum Gasteiger partial charge on any atom is -0.250 e. The summed E-state index contributed by atoms with van der Waals surface area (Å²) in [5.74, 6) is -0.534. The normalized spacial score (nSPS) is 10.5. The maximum Gasteiger partial charge on any atom is 0.231 e. The summed E-state index contributed by atoms with van der Waals surface area (Å²) in [5, 5.41) is 0. The predicted molar refractivity (Wildman–Crippen MR) is 44.2 cm³/mol. The SMILES string of the molecule is Cc1cccc2nc(F)cnc12. The van der Waals surface area contributed by atoms with Gasteiger partial charge in [0.15, 0.2) is 0 Å². The van der Waals surface area contributed by atoms with Crippen molar-refractivity contribution in [2.45, 2.75) is 6.92 Å². The van der Waals surface area contributed by atoms with Gasteiger partial charge in [-0.2, -0.15) is 4.39 Å². The third-order valence-electron chi connectivity index (χ3n) is 1.74. The maximum absolute atomic E-state index is 12.6. The van der Waals surface area contributed by atoms with Crippen LogP contribution in [0.25, 0.3) is 11.0 Å². The molecule has 2 aromatic rings. The highest BCUT2D eigenvalue weighted by Gasteiger charge is 1.99. The molecule has 0 radical (unpaired) electrons. The minimum atomic E-state index is -0.534. The summed E-state index contributed by atoms with van der Waals surface area (Å²) in [6.45, 7) is 1.93. The number of para-hydroxylation sites is 1. The quantitative estimate of drug-likeness (QED) is 0.592. The van der Waals surface area contributed by atoms with Crippen molar-refractivity contribution in [1.29, 1.82) is 0 Å². The van der Waals surface area contributed by atoms with E-state index in [1.165, 1.54) is 0 Å². The second-order valence-electron chi connectivity index (χ2n) is 2.64. The Hall–Kier alpha value is -1.51. The molecule has 0 saturated heterocycles. The second-order valence-corrected chi connectivity index (χ2v) is 2.64. The molecule has 0 atom stereocenters. The van der Waals surface area contributed by atoms with Gasteiger partial charge in [-0.3, -0.25) is 0 Å². The van der Waals surface area contributed by atoms with Crippen LogP contribution in [0.3, 0.4) is 0 Å². The largest absolute Gasteiger partial charge is 0.250 e. The predicted octanol–water partition coefficient (Wildman–Crippen LogP) is 2.08. The van der Waals surface area contributed by atoms with E-state index in [2.05, 4.69) is 9.97 Å². The van der Waals surface area contributed by atoms with Gasteiger partial charge in [-0.15, -0.1) is 0 Å². The van der Waals surface area contributed by atoms with E-state index in [0.29, 0.717) is 5.52 Å². The fourth-order valence-corrected chi connectivity index (χ4v) is 1.16. The Labute approximate surface area is 69.1 Å². The highest BCUT2D eigenvalue weighted by molar-refractivity contribution is 5.77. The lowest BCUT2D eigenvalue weighted by Gasteiger charge is -1.98. The number of fused-ring (bicyclic) bond motifs is 1. The number of nitrogens with zero attached hydrogens (tertiary/aromatic N) is 2. The van der Waals surface area contributed by atoms with Gasteiger partial charge in [-0.05, 0) is 18.6 Å². The summed E-state index contributed by atoms with van der Waals surface area (Å²) in [6.07, 6.45) is 1.13. The second kappa shape index (κ2) is 2.52. The Morgan fingerprint density at radius 2 is 2.17 bits per heavy atom. The van der Waals surface area contributed by atoms with Crippen LogP contribution in [0.4, 0.5) is 4.39 Å². The molecule has 0 unspecified atom stereocenters. The van der Waals surface area contributed by atoms with Crippen molar-refractivity contribution in [3.63, 3.8) is 0 Å². The maximum atomic E-state index is 12.6. The molecule has 60 valence electrons. The van der Waals surface area contributed by atoms with Crippen molar-refractivity contribution in [1.82, 2.24) is 9.97 Å². The Balaban J connectivity index is 2.86. The van der Waals surface area contributed by atoms with E-state index in [1.54, 1.807) is 6.07 Å². The van der Waals surface area contributed by atoms with E-state index in [-0.39, 0.29) is 0 Å². The van der Waals surface area contributed by atoms with Gasteiger partial charge in [-0.25, -0.2) is 9.97 Å². The zero-order valence-electron chi connectivity index (χ0n) is 6.58. The van der Waals surface area contributed by atoms with Gasteiger partial charge in [0.2, 0.25) is 5.95 Å². The number of rotatable bonds is 0. The first-order valence-corrected chi connectivity index (χ1v) is 3.65. The van der Waals surface area contributed by atoms with Gasteiger partial charge in [0.05, 0.1) is 17.2 Å². The zero-order chi connectivity index (χ0) is 8.55. The first-order chi connectivity index (χ1) is 5.77. The fourth-order valence-electron chi connectivity index (χ4n) is 1.16. The van der Waals surface area contributed by atoms with Crippen LogP contribution in [0.1, 0.15) is 5.56 Å². The van der Waals surface area contributed by atoms with Crippen LogP contribution < -0.4 is 0 Å². The molecule has 12 heavy (non-hydrogen) atoms. The van der Waals surface area contributed by atoms with Gasteiger partial charge in [0.25, 0.3) is 0 Å². The molecule has 0 N–H and O–H groups in total. The number of hydrogen-bond acceptors (Lipinski definition) is 2. The molecule has 0 bridgehead atoms. The molecule has 3 heteroatoms. The van der Waals surface area contributed by atoms with Crippen LogP contribution in [0.2, 0.25) is 0 Å². The first kappa shape index (κ1) is 7.16. The van der Waals surface area contributed by atoms with Crippen molar-refractivity contribution < 1.29 is 4.39 Å². The molecule has 0 aliphatic carbocycles. The third kappa shape index (κ3) is 1.03. The van der Waals surface area contributed by atoms with E-state index < -0.39 is 5.95 Å². The van der Waals surface area contributed by atoms with Crippen LogP contribution in [0.15, 0.2) is 24.4 Å². The standard InChI is InChI=1S/C9H7FN2/c1-6-3-2-4-7-9(6)11-5-8(10)12-7/h2-5H,1H3. The molecule has 0 saturated carbocycles. The lowest BCUT2D eigenvalue weighted by atomic mass is 10.2. The molecule has 1 aromatic carbocycles. The lowest BCUT2D eigenvalue weighted by Crippen LogP contribution is -1.89. The van der Waals surface area contributed by atoms with Gasteiger partial charge in [-0.1, -0.05) is 12.1 Å². The lowest BCUT2D eigenvalue weighted by molar-refractivity contribution is 0.583.